The van der Waals surface area contributed by atoms with Crippen molar-refractivity contribution in [1.82, 2.24) is 4.31 Å². The molecule has 0 aliphatic carbocycles. The predicted octanol–water partition coefficient (Wildman–Crippen LogP) is 2.85. The minimum absolute atomic E-state index is 0.00784. The van der Waals surface area contributed by atoms with Gasteiger partial charge < -0.3 is 4.74 Å². The van der Waals surface area contributed by atoms with E-state index in [0.717, 1.165) is 16.3 Å². The van der Waals surface area contributed by atoms with Crippen LogP contribution in [0.2, 0.25) is 0 Å². The van der Waals surface area contributed by atoms with Crippen molar-refractivity contribution >= 4 is 21.8 Å². The number of benzene rings is 2. The molecule has 0 atom stereocenters. The molecular formula is C20H23NO5S. The molecule has 0 N–H and O–H groups in total. The summed E-state index contributed by atoms with van der Waals surface area (Å²) in [6.45, 7) is 3.29. The fourth-order valence-corrected chi connectivity index (χ4v) is 3.34. The summed E-state index contributed by atoms with van der Waals surface area (Å²) in [6, 6.07) is 11.4. The molecule has 0 amide bonds. The first-order valence-electron chi connectivity index (χ1n) is 8.49. The molecule has 27 heavy (non-hydrogen) atoms. The second kappa shape index (κ2) is 8.45. The average Bonchev–Trinajstić information content (AvgIpc) is 2.65. The monoisotopic (exact) mass is 389 g/mol. The Labute approximate surface area is 159 Å². The zero-order chi connectivity index (χ0) is 20.2. The highest BCUT2D eigenvalue weighted by molar-refractivity contribution is 7.89. The standard InChI is InChI=1S/C20H23NO5S/c1-5-15-7-9-16(10-8-15)19(22)13-26-20(23)18-12-17(11-6-14(18)2)27(24,25)21(3)4/h6-12H,5,13H2,1-4H3. The fourth-order valence-electron chi connectivity index (χ4n) is 2.41. The van der Waals surface area contributed by atoms with E-state index < -0.39 is 22.6 Å². The van der Waals surface area contributed by atoms with Gasteiger partial charge in [-0.1, -0.05) is 37.3 Å². The Morgan fingerprint density at radius 3 is 2.22 bits per heavy atom. The molecule has 0 radical (unpaired) electrons. The number of aryl methyl sites for hydroxylation is 2. The van der Waals surface area contributed by atoms with Crippen LogP contribution >= 0.6 is 0 Å². The highest BCUT2D eigenvalue weighted by Gasteiger charge is 2.21. The lowest BCUT2D eigenvalue weighted by molar-refractivity contribution is 0.0473. The van der Waals surface area contributed by atoms with E-state index in [2.05, 4.69) is 0 Å². The van der Waals surface area contributed by atoms with Gasteiger partial charge in [-0.3, -0.25) is 4.79 Å². The van der Waals surface area contributed by atoms with E-state index in [1.807, 2.05) is 19.1 Å². The van der Waals surface area contributed by atoms with Crippen molar-refractivity contribution in [2.75, 3.05) is 20.7 Å². The summed E-state index contributed by atoms with van der Waals surface area (Å²) in [4.78, 5) is 24.6. The van der Waals surface area contributed by atoms with E-state index in [9.17, 15) is 18.0 Å². The number of sulfonamides is 1. The van der Waals surface area contributed by atoms with Crippen molar-refractivity contribution in [1.29, 1.82) is 0 Å². The second-order valence-corrected chi connectivity index (χ2v) is 8.47. The minimum Gasteiger partial charge on any atom is -0.454 e. The molecule has 0 heterocycles. The van der Waals surface area contributed by atoms with E-state index >= 15 is 0 Å². The van der Waals surface area contributed by atoms with Gasteiger partial charge in [0.15, 0.2) is 12.4 Å². The van der Waals surface area contributed by atoms with Crippen LogP contribution in [-0.2, 0) is 21.2 Å². The van der Waals surface area contributed by atoms with Gasteiger partial charge in [-0.15, -0.1) is 0 Å². The third kappa shape index (κ3) is 4.81. The molecule has 7 heteroatoms. The van der Waals surface area contributed by atoms with E-state index in [-0.39, 0.29) is 16.2 Å². The van der Waals surface area contributed by atoms with Crippen LogP contribution in [-0.4, -0.2) is 45.2 Å². The maximum atomic E-state index is 12.4. The Balaban J connectivity index is 2.14. The zero-order valence-corrected chi connectivity index (χ0v) is 16.7. The Morgan fingerprint density at radius 2 is 1.67 bits per heavy atom. The van der Waals surface area contributed by atoms with Crippen molar-refractivity contribution < 1.29 is 22.7 Å². The van der Waals surface area contributed by atoms with Crippen molar-refractivity contribution in [3.05, 3.63) is 64.7 Å². The number of nitrogens with zero attached hydrogens (tertiary/aromatic N) is 1. The molecule has 0 aliphatic heterocycles. The van der Waals surface area contributed by atoms with Gasteiger partial charge in [-0.05, 0) is 36.6 Å². The molecule has 6 nitrogen and oxygen atoms in total. The van der Waals surface area contributed by atoms with Gasteiger partial charge in [0.05, 0.1) is 10.5 Å². The van der Waals surface area contributed by atoms with Gasteiger partial charge in [0.2, 0.25) is 10.0 Å². The second-order valence-electron chi connectivity index (χ2n) is 6.31. The Morgan fingerprint density at radius 1 is 1.04 bits per heavy atom. The molecule has 2 aromatic carbocycles. The van der Waals surface area contributed by atoms with E-state index in [1.54, 1.807) is 19.1 Å². The van der Waals surface area contributed by atoms with Crippen LogP contribution in [0.1, 0.15) is 38.8 Å². The number of esters is 1. The predicted molar refractivity (Wildman–Crippen MR) is 102 cm³/mol. The number of hydrogen-bond acceptors (Lipinski definition) is 5. The van der Waals surface area contributed by atoms with Gasteiger partial charge in [0.25, 0.3) is 0 Å². The Bertz CT molecular complexity index is 947. The summed E-state index contributed by atoms with van der Waals surface area (Å²) < 4.78 is 30.7. The molecule has 0 fully saturated rings. The third-order valence-electron chi connectivity index (χ3n) is 4.23. The van der Waals surface area contributed by atoms with Crippen molar-refractivity contribution in [3.63, 3.8) is 0 Å². The molecule has 0 spiro atoms. The van der Waals surface area contributed by atoms with Crippen molar-refractivity contribution in [3.8, 4) is 0 Å². The maximum Gasteiger partial charge on any atom is 0.338 e. The number of ketones is 1. The highest BCUT2D eigenvalue weighted by Crippen LogP contribution is 2.19. The largest absolute Gasteiger partial charge is 0.454 e. The lowest BCUT2D eigenvalue weighted by atomic mass is 10.1. The molecule has 0 saturated carbocycles. The normalized spacial score (nSPS) is 11.4. The molecule has 0 bridgehead atoms. The zero-order valence-electron chi connectivity index (χ0n) is 15.9. The highest BCUT2D eigenvalue weighted by atomic mass is 32.2. The number of ether oxygens (including phenoxy) is 1. The van der Waals surface area contributed by atoms with Crippen LogP contribution in [0.4, 0.5) is 0 Å². The van der Waals surface area contributed by atoms with Crippen molar-refractivity contribution in [2.24, 2.45) is 0 Å². The minimum atomic E-state index is -3.67. The van der Waals surface area contributed by atoms with Gasteiger partial charge in [0.1, 0.15) is 0 Å². The summed E-state index contributed by atoms with van der Waals surface area (Å²) in [6.07, 6.45) is 0.870. The molecule has 0 aromatic heterocycles. The number of hydrogen-bond donors (Lipinski definition) is 0. The summed E-state index contributed by atoms with van der Waals surface area (Å²) >= 11 is 0. The third-order valence-corrected chi connectivity index (χ3v) is 6.04. The Hall–Kier alpha value is -2.51. The van der Waals surface area contributed by atoms with Gasteiger partial charge >= 0.3 is 5.97 Å². The van der Waals surface area contributed by atoms with E-state index in [1.165, 1.54) is 32.3 Å². The Kier molecular flexibility index (Phi) is 6.51. The maximum absolute atomic E-state index is 12.4. The molecule has 144 valence electrons. The van der Waals surface area contributed by atoms with Crippen LogP contribution in [0.3, 0.4) is 0 Å². The van der Waals surface area contributed by atoms with E-state index in [0.29, 0.717) is 11.1 Å². The van der Waals surface area contributed by atoms with Gasteiger partial charge in [-0.2, -0.15) is 0 Å². The lowest BCUT2D eigenvalue weighted by Crippen LogP contribution is -2.23. The molecule has 2 rings (SSSR count). The van der Waals surface area contributed by atoms with Crippen molar-refractivity contribution in [2.45, 2.75) is 25.2 Å². The summed E-state index contributed by atoms with van der Waals surface area (Å²) in [5.41, 5.74) is 2.25. The molecule has 0 aliphatic rings. The van der Waals surface area contributed by atoms with Crippen LogP contribution in [0.15, 0.2) is 47.4 Å². The fraction of sp³-hybridized carbons (Fsp3) is 0.300. The smallest absolute Gasteiger partial charge is 0.338 e. The first-order chi connectivity index (χ1) is 12.7. The molecular weight excluding hydrogens is 366 g/mol. The number of rotatable bonds is 7. The topological polar surface area (TPSA) is 80.8 Å². The lowest BCUT2D eigenvalue weighted by Gasteiger charge is -2.13. The van der Waals surface area contributed by atoms with Crippen LogP contribution in [0.5, 0.6) is 0 Å². The molecule has 2 aromatic rings. The quantitative estimate of drug-likeness (QED) is 0.537. The summed E-state index contributed by atoms with van der Waals surface area (Å²) in [5.74, 6) is -1.05. The summed E-state index contributed by atoms with van der Waals surface area (Å²) in [5, 5.41) is 0. The van der Waals surface area contributed by atoms with Gasteiger partial charge in [-0.25, -0.2) is 17.5 Å². The number of carbonyl (C=O) groups excluding carboxylic acids is 2. The first kappa shape index (κ1) is 20.8. The first-order valence-corrected chi connectivity index (χ1v) is 9.93. The van der Waals surface area contributed by atoms with E-state index in [4.69, 9.17) is 4.74 Å². The van der Waals surface area contributed by atoms with Gasteiger partial charge in [0, 0.05) is 19.7 Å². The average molecular weight is 389 g/mol. The van der Waals surface area contributed by atoms with Crippen LogP contribution < -0.4 is 0 Å². The van der Waals surface area contributed by atoms with Crippen LogP contribution in [0, 0.1) is 6.92 Å². The number of carbonyl (C=O) groups is 2. The molecule has 0 unspecified atom stereocenters. The molecule has 0 saturated heterocycles. The SMILES string of the molecule is CCc1ccc(C(=O)COC(=O)c2cc(S(=O)(=O)N(C)C)ccc2C)cc1. The summed E-state index contributed by atoms with van der Waals surface area (Å²) in [7, 11) is -0.847. The number of Topliss-reactive ketones (excluding diaryl/α,β-unsaturated/α-hetero) is 1. The van der Waals surface area contributed by atoms with Crippen LogP contribution in [0.25, 0.3) is 0 Å².